The van der Waals surface area contributed by atoms with Crippen molar-refractivity contribution in [3.63, 3.8) is 0 Å². The summed E-state index contributed by atoms with van der Waals surface area (Å²) in [5, 5.41) is 10.9. The number of hydrogen-bond acceptors (Lipinski definition) is 2. The highest BCUT2D eigenvalue weighted by molar-refractivity contribution is 5.84. The van der Waals surface area contributed by atoms with E-state index in [9.17, 15) is 5.11 Å². The number of aliphatic hydroxyl groups is 1. The van der Waals surface area contributed by atoms with Crippen LogP contribution in [0, 0.1) is 0 Å². The van der Waals surface area contributed by atoms with E-state index >= 15 is 0 Å². The summed E-state index contributed by atoms with van der Waals surface area (Å²) >= 11 is 0. The van der Waals surface area contributed by atoms with Gasteiger partial charge in [-0.05, 0) is 40.5 Å². The van der Waals surface area contributed by atoms with Gasteiger partial charge in [0.15, 0.2) is 0 Å². The minimum atomic E-state index is -0.710. The third-order valence-electron chi connectivity index (χ3n) is 3.95. The van der Waals surface area contributed by atoms with Crippen molar-refractivity contribution in [2.75, 3.05) is 7.11 Å². The van der Waals surface area contributed by atoms with Crippen LogP contribution in [0.1, 0.15) is 22.8 Å². The van der Waals surface area contributed by atoms with Crippen LogP contribution in [0.3, 0.4) is 0 Å². The average molecular weight is 316 g/mol. The summed E-state index contributed by atoms with van der Waals surface area (Å²) in [4.78, 5) is 0. The first-order valence-corrected chi connectivity index (χ1v) is 7.92. The van der Waals surface area contributed by atoms with Crippen LogP contribution < -0.4 is 4.74 Å². The molecule has 0 amide bonds. The first-order valence-electron chi connectivity index (χ1n) is 7.92. The van der Waals surface area contributed by atoms with Gasteiger partial charge in [-0.25, -0.2) is 0 Å². The standard InChI is InChI=1S/C22H20O2/c1-24-20-14-12-19(13-15-20)22(23)21(18-10-6-3-7-11-18)16-17-8-4-2-5-9-17/h2-16,22-23H,1H3/b21-16+. The molecule has 0 fully saturated rings. The lowest BCUT2D eigenvalue weighted by molar-refractivity contribution is 0.239. The summed E-state index contributed by atoms with van der Waals surface area (Å²) in [5.74, 6) is 0.777. The minimum Gasteiger partial charge on any atom is -0.497 e. The number of aliphatic hydroxyl groups excluding tert-OH is 1. The third-order valence-corrected chi connectivity index (χ3v) is 3.95. The van der Waals surface area contributed by atoms with Gasteiger partial charge in [0.1, 0.15) is 11.9 Å². The maximum Gasteiger partial charge on any atom is 0.118 e. The fourth-order valence-corrected chi connectivity index (χ4v) is 2.65. The predicted octanol–water partition coefficient (Wildman–Crippen LogP) is 4.97. The van der Waals surface area contributed by atoms with E-state index in [0.29, 0.717) is 0 Å². The molecule has 0 saturated heterocycles. The summed E-state index contributed by atoms with van der Waals surface area (Å²) < 4.78 is 5.19. The molecule has 24 heavy (non-hydrogen) atoms. The van der Waals surface area contributed by atoms with E-state index in [1.54, 1.807) is 7.11 Å². The fourth-order valence-electron chi connectivity index (χ4n) is 2.65. The Bertz CT molecular complexity index is 790. The van der Waals surface area contributed by atoms with Crippen molar-refractivity contribution in [3.05, 3.63) is 102 Å². The third kappa shape index (κ3) is 3.73. The van der Waals surface area contributed by atoms with Gasteiger partial charge in [0.05, 0.1) is 7.11 Å². The van der Waals surface area contributed by atoms with Crippen molar-refractivity contribution >= 4 is 11.6 Å². The van der Waals surface area contributed by atoms with Crippen LogP contribution in [0.5, 0.6) is 5.75 Å². The molecule has 3 aromatic carbocycles. The summed E-state index contributed by atoms with van der Waals surface area (Å²) in [6.45, 7) is 0. The fraction of sp³-hybridized carbons (Fsp3) is 0.0909. The molecule has 0 heterocycles. The van der Waals surface area contributed by atoms with Gasteiger partial charge in [-0.2, -0.15) is 0 Å². The molecule has 0 saturated carbocycles. The molecule has 0 radical (unpaired) electrons. The van der Waals surface area contributed by atoms with E-state index in [2.05, 4.69) is 0 Å². The van der Waals surface area contributed by atoms with Gasteiger partial charge in [-0.1, -0.05) is 72.8 Å². The molecule has 1 N–H and O–H groups in total. The molecule has 1 atom stereocenters. The number of rotatable bonds is 5. The Labute approximate surface area is 142 Å². The zero-order chi connectivity index (χ0) is 16.8. The first kappa shape index (κ1) is 16.0. The van der Waals surface area contributed by atoms with Crippen LogP contribution in [0.2, 0.25) is 0 Å². The summed E-state index contributed by atoms with van der Waals surface area (Å²) in [6, 6.07) is 27.5. The molecule has 0 aliphatic heterocycles. The second-order valence-corrected chi connectivity index (χ2v) is 5.55. The lowest BCUT2D eigenvalue weighted by Crippen LogP contribution is -2.01. The van der Waals surface area contributed by atoms with E-state index in [1.165, 1.54) is 0 Å². The van der Waals surface area contributed by atoms with E-state index in [4.69, 9.17) is 4.74 Å². The molecule has 2 nitrogen and oxygen atoms in total. The lowest BCUT2D eigenvalue weighted by atomic mass is 9.93. The van der Waals surface area contributed by atoms with Crippen LogP contribution in [0.15, 0.2) is 84.9 Å². The van der Waals surface area contributed by atoms with Crippen molar-refractivity contribution in [1.82, 2.24) is 0 Å². The van der Waals surface area contributed by atoms with E-state index in [0.717, 1.165) is 28.0 Å². The zero-order valence-electron chi connectivity index (χ0n) is 13.6. The molecule has 1 unspecified atom stereocenters. The minimum absolute atomic E-state index is 0.710. The largest absolute Gasteiger partial charge is 0.497 e. The smallest absolute Gasteiger partial charge is 0.118 e. The summed E-state index contributed by atoms with van der Waals surface area (Å²) in [5.41, 5.74) is 3.77. The second kappa shape index (κ2) is 7.62. The molecule has 2 heteroatoms. The number of benzene rings is 3. The normalized spacial score (nSPS) is 12.7. The lowest BCUT2D eigenvalue weighted by Gasteiger charge is -2.17. The van der Waals surface area contributed by atoms with Crippen molar-refractivity contribution in [2.24, 2.45) is 0 Å². The van der Waals surface area contributed by atoms with Crippen molar-refractivity contribution < 1.29 is 9.84 Å². The van der Waals surface area contributed by atoms with Gasteiger partial charge in [0.25, 0.3) is 0 Å². The molecule has 3 rings (SSSR count). The highest BCUT2D eigenvalue weighted by Gasteiger charge is 2.15. The SMILES string of the molecule is COc1ccc(C(O)/C(=C/c2ccccc2)c2ccccc2)cc1. The Morgan fingerprint density at radius 2 is 1.42 bits per heavy atom. The van der Waals surface area contributed by atoms with Crippen molar-refractivity contribution in [3.8, 4) is 5.75 Å². The Morgan fingerprint density at radius 3 is 2.00 bits per heavy atom. The van der Waals surface area contributed by atoms with Gasteiger partial charge < -0.3 is 9.84 Å². The van der Waals surface area contributed by atoms with Crippen LogP contribution in [-0.4, -0.2) is 12.2 Å². The molecular formula is C22H20O2. The second-order valence-electron chi connectivity index (χ2n) is 5.55. The summed E-state index contributed by atoms with van der Waals surface area (Å²) in [6.07, 6.45) is 1.32. The predicted molar refractivity (Wildman–Crippen MR) is 98.7 cm³/mol. The van der Waals surface area contributed by atoms with Crippen LogP contribution >= 0.6 is 0 Å². The van der Waals surface area contributed by atoms with Crippen molar-refractivity contribution in [1.29, 1.82) is 0 Å². The van der Waals surface area contributed by atoms with Gasteiger partial charge in [0, 0.05) is 0 Å². The van der Waals surface area contributed by atoms with E-state index in [1.807, 2.05) is 91.0 Å². The molecule has 0 aromatic heterocycles. The number of ether oxygens (including phenoxy) is 1. The monoisotopic (exact) mass is 316 g/mol. The molecule has 0 spiro atoms. The zero-order valence-corrected chi connectivity index (χ0v) is 13.6. The topological polar surface area (TPSA) is 29.5 Å². The Hall–Kier alpha value is -2.84. The molecule has 120 valence electrons. The first-order chi connectivity index (χ1) is 11.8. The van der Waals surface area contributed by atoms with Crippen LogP contribution in [0.25, 0.3) is 11.6 Å². The Morgan fingerprint density at radius 1 is 0.833 bits per heavy atom. The maximum absolute atomic E-state index is 10.9. The highest BCUT2D eigenvalue weighted by atomic mass is 16.5. The van der Waals surface area contributed by atoms with Gasteiger partial charge >= 0.3 is 0 Å². The van der Waals surface area contributed by atoms with Gasteiger partial charge in [0.2, 0.25) is 0 Å². The molecule has 0 aliphatic carbocycles. The molecule has 3 aromatic rings. The quantitative estimate of drug-likeness (QED) is 0.673. The Balaban J connectivity index is 2.02. The Kier molecular flexibility index (Phi) is 5.09. The summed E-state index contributed by atoms with van der Waals surface area (Å²) in [7, 11) is 1.64. The van der Waals surface area contributed by atoms with E-state index < -0.39 is 6.10 Å². The maximum atomic E-state index is 10.9. The molecule has 0 aliphatic rings. The van der Waals surface area contributed by atoms with Crippen molar-refractivity contribution in [2.45, 2.75) is 6.10 Å². The molecule has 0 bridgehead atoms. The van der Waals surface area contributed by atoms with Gasteiger partial charge in [-0.15, -0.1) is 0 Å². The number of hydrogen-bond donors (Lipinski definition) is 1. The highest BCUT2D eigenvalue weighted by Crippen LogP contribution is 2.32. The van der Waals surface area contributed by atoms with Crippen LogP contribution in [0.4, 0.5) is 0 Å². The van der Waals surface area contributed by atoms with Gasteiger partial charge in [-0.3, -0.25) is 0 Å². The molecular weight excluding hydrogens is 296 g/mol. The van der Waals surface area contributed by atoms with Crippen LogP contribution in [-0.2, 0) is 0 Å². The van der Waals surface area contributed by atoms with E-state index in [-0.39, 0.29) is 0 Å². The average Bonchev–Trinajstić information content (AvgIpc) is 2.67. The number of methoxy groups -OCH3 is 1.